The Bertz CT molecular complexity index is 1720. The van der Waals surface area contributed by atoms with E-state index in [0.29, 0.717) is 23.0 Å². The number of thiophene rings is 1. The molecule has 5 aromatic rings. The van der Waals surface area contributed by atoms with Gasteiger partial charge in [-0.25, -0.2) is 5.10 Å². The smallest absolute Gasteiger partial charge is 0.489 e. The van der Waals surface area contributed by atoms with Crippen LogP contribution in [0.15, 0.2) is 57.5 Å². The van der Waals surface area contributed by atoms with Crippen LogP contribution < -0.4 is 9.47 Å². The Balaban J connectivity index is 1.42. The molecule has 5 rings (SSSR count). The highest BCUT2D eigenvalue weighted by Gasteiger charge is 2.33. The maximum absolute atomic E-state index is 13.0. The topological polar surface area (TPSA) is 86.3 Å². The summed E-state index contributed by atoms with van der Waals surface area (Å²) in [5.74, 6) is 1.12. The lowest BCUT2D eigenvalue weighted by molar-refractivity contribution is -0.274. The molecule has 1 N–H and O–H groups in total. The third-order valence-electron chi connectivity index (χ3n) is 6.10. The number of aryl methyl sites for hydroxylation is 2. The molecule has 0 aliphatic heterocycles. The second-order valence-corrected chi connectivity index (χ2v) is 10.8. The van der Waals surface area contributed by atoms with Gasteiger partial charge in [-0.05, 0) is 79.2 Å². The van der Waals surface area contributed by atoms with Gasteiger partial charge in [0.25, 0.3) is 10.7 Å². The average Bonchev–Trinajstić information content (AvgIpc) is 3.60. The van der Waals surface area contributed by atoms with Gasteiger partial charge in [0.05, 0.1) is 10.4 Å². The van der Waals surface area contributed by atoms with E-state index in [-0.39, 0.29) is 34.4 Å². The molecule has 0 amide bonds. The molecule has 208 valence electrons. The minimum Gasteiger partial charge on any atom is -0.489 e. The molecule has 0 saturated heterocycles. The van der Waals surface area contributed by atoms with E-state index in [1.54, 1.807) is 17.4 Å². The molecule has 12 heteroatoms. The molecule has 0 saturated carbocycles. The van der Waals surface area contributed by atoms with Crippen molar-refractivity contribution < 1.29 is 31.6 Å². The minimum atomic E-state index is -4.85. The molecule has 7 nitrogen and oxygen atoms in total. The first-order valence-electron chi connectivity index (χ1n) is 12.2. The third-order valence-corrected chi connectivity index (χ3v) is 7.54. The van der Waals surface area contributed by atoms with Crippen LogP contribution in [0.25, 0.3) is 32.5 Å². The van der Waals surface area contributed by atoms with Crippen molar-refractivity contribution >= 4 is 23.6 Å². The van der Waals surface area contributed by atoms with Crippen LogP contribution in [0.5, 0.6) is 11.5 Å². The van der Waals surface area contributed by atoms with Crippen molar-refractivity contribution in [3.8, 4) is 44.0 Å². The van der Waals surface area contributed by atoms with Crippen LogP contribution in [-0.4, -0.2) is 21.7 Å². The van der Waals surface area contributed by atoms with E-state index in [4.69, 9.17) is 25.9 Å². The summed E-state index contributed by atoms with van der Waals surface area (Å²) in [7, 11) is 0. The number of aromatic amines is 1. The molecule has 0 spiro atoms. The predicted molar refractivity (Wildman–Crippen MR) is 147 cm³/mol. The van der Waals surface area contributed by atoms with E-state index in [9.17, 15) is 13.2 Å². The number of nitrogens with one attached hydrogen (secondary N) is 1. The minimum absolute atomic E-state index is 0.0394. The van der Waals surface area contributed by atoms with Gasteiger partial charge in [-0.1, -0.05) is 31.1 Å². The number of hydrogen-bond donors (Lipinski definition) is 1. The number of benzene rings is 2. The molecule has 0 bridgehead atoms. The molecule has 0 unspecified atom stereocenters. The van der Waals surface area contributed by atoms with E-state index in [1.807, 2.05) is 52.0 Å². The normalized spacial score (nSPS) is 11.8. The second kappa shape index (κ2) is 10.9. The van der Waals surface area contributed by atoms with Gasteiger partial charge in [-0.3, -0.25) is 0 Å². The number of para-hydroxylation sites is 1. The van der Waals surface area contributed by atoms with Crippen LogP contribution in [-0.2, 0) is 6.61 Å². The SMILES string of the molecule is Cc1cc(OCc2c(-c3ccccc3OC(F)(F)F)noc2C(C)C)ccc1-c1sc(-c2n[nH]c(=S)o2)cc1C. The highest BCUT2D eigenvalue weighted by molar-refractivity contribution is 7.71. The second-order valence-electron chi connectivity index (χ2n) is 9.38. The van der Waals surface area contributed by atoms with Crippen LogP contribution in [0.1, 0.15) is 42.2 Å². The van der Waals surface area contributed by atoms with Crippen molar-refractivity contribution in [3.05, 3.63) is 75.8 Å². The summed E-state index contributed by atoms with van der Waals surface area (Å²) in [4.78, 5) is 2.14. The Kier molecular flexibility index (Phi) is 7.56. The fourth-order valence-corrected chi connectivity index (χ4v) is 5.64. The average molecular weight is 588 g/mol. The Morgan fingerprint density at radius 1 is 1.05 bits per heavy atom. The molecule has 2 aromatic carbocycles. The molecule has 0 radical (unpaired) electrons. The summed E-state index contributed by atoms with van der Waals surface area (Å²) in [5, 5.41) is 10.8. The molecule has 0 fully saturated rings. The van der Waals surface area contributed by atoms with E-state index in [1.165, 1.54) is 18.2 Å². The van der Waals surface area contributed by atoms with E-state index in [2.05, 4.69) is 20.1 Å². The van der Waals surface area contributed by atoms with Crippen molar-refractivity contribution in [2.75, 3.05) is 0 Å². The summed E-state index contributed by atoms with van der Waals surface area (Å²) in [6.07, 6.45) is -4.85. The molecular formula is C28H24F3N3O4S2. The number of alkyl halides is 3. The predicted octanol–water partition coefficient (Wildman–Crippen LogP) is 9.00. The quantitative estimate of drug-likeness (QED) is 0.181. The van der Waals surface area contributed by atoms with Crippen molar-refractivity contribution in [2.24, 2.45) is 0 Å². The highest BCUT2D eigenvalue weighted by Crippen LogP contribution is 2.40. The first-order chi connectivity index (χ1) is 19.0. The monoisotopic (exact) mass is 587 g/mol. The van der Waals surface area contributed by atoms with Crippen LogP contribution in [0.3, 0.4) is 0 Å². The van der Waals surface area contributed by atoms with Crippen molar-refractivity contribution in [3.63, 3.8) is 0 Å². The number of halogens is 3. The lowest BCUT2D eigenvalue weighted by Gasteiger charge is -2.14. The zero-order valence-electron chi connectivity index (χ0n) is 21.9. The fraction of sp³-hybridized carbons (Fsp3) is 0.250. The summed E-state index contributed by atoms with van der Waals surface area (Å²) in [5.41, 5.74) is 4.03. The van der Waals surface area contributed by atoms with Crippen LogP contribution >= 0.6 is 23.6 Å². The van der Waals surface area contributed by atoms with Gasteiger partial charge in [0.1, 0.15) is 29.6 Å². The van der Waals surface area contributed by atoms with E-state index in [0.717, 1.165) is 26.4 Å². The first kappa shape index (κ1) is 27.7. The maximum atomic E-state index is 13.0. The summed E-state index contributed by atoms with van der Waals surface area (Å²) in [6.45, 7) is 7.86. The third kappa shape index (κ3) is 5.82. The zero-order chi connectivity index (χ0) is 28.6. The van der Waals surface area contributed by atoms with Crippen molar-refractivity contribution in [1.29, 1.82) is 0 Å². The molecule has 3 heterocycles. The van der Waals surface area contributed by atoms with Gasteiger partial charge in [-0.15, -0.1) is 29.6 Å². The van der Waals surface area contributed by atoms with Crippen LogP contribution in [0, 0.1) is 18.7 Å². The molecule has 0 aliphatic carbocycles. The number of aromatic nitrogens is 3. The summed E-state index contributed by atoms with van der Waals surface area (Å²) < 4.78 is 60.5. The lowest BCUT2D eigenvalue weighted by Crippen LogP contribution is -2.17. The largest absolute Gasteiger partial charge is 0.573 e. The van der Waals surface area contributed by atoms with E-state index < -0.39 is 6.36 Å². The highest BCUT2D eigenvalue weighted by atomic mass is 32.1. The molecule has 3 aromatic heterocycles. The van der Waals surface area contributed by atoms with Gasteiger partial charge < -0.3 is 18.4 Å². The Labute approximate surface area is 236 Å². The number of nitrogens with zero attached hydrogens (tertiary/aromatic N) is 2. The number of H-pyrrole nitrogens is 1. The van der Waals surface area contributed by atoms with Crippen molar-refractivity contribution in [1.82, 2.24) is 15.4 Å². The van der Waals surface area contributed by atoms with Gasteiger partial charge >= 0.3 is 6.36 Å². The molecule has 40 heavy (non-hydrogen) atoms. The standard InChI is InChI=1S/C28H24F3N3O4S2/c1-14(2)24-20(23(34-38-24)19-7-5-6-8-21(19)37-28(29,30)31)13-35-17-9-10-18(15(3)11-17)25-16(4)12-22(40-25)26-32-33-27(39)36-26/h5-12,14H,13H2,1-4H3,(H,33,39). The van der Waals surface area contributed by atoms with Gasteiger partial charge in [0.15, 0.2) is 0 Å². The number of rotatable bonds is 8. The number of ether oxygens (including phenoxy) is 2. The fourth-order valence-electron chi connectivity index (χ4n) is 4.33. The molecule has 0 atom stereocenters. The van der Waals surface area contributed by atoms with Crippen molar-refractivity contribution in [2.45, 2.75) is 46.6 Å². The Morgan fingerprint density at radius 2 is 1.82 bits per heavy atom. The molecular weight excluding hydrogens is 563 g/mol. The van der Waals surface area contributed by atoms with Crippen LogP contribution in [0.2, 0.25) is 0 Å². The summed E-state index contributed by atoms with van der Waals surface area (Å²) >= 11 is 6.53. The Hall–Kier alpha value is -3.90. The van der Waals surface area contributed by atoms with Gasteiger partial charge in [-0.2, -0.15) is 0 Å². The summed E-state index contributed by atoms with van der Waals surface area (Å²) in [6, 6.07) is 13.6. The van der Waals surface area contributed by atoms with Gasteiger partial charge in [0, 0.05) is 16.4 Å². The zero-order valence-corrected chi connectivity index (χ0v) is 23.5. The maximum Gasteiger partial charge on any atom is 0.573 e. The Morgan fingerprint density at radius 3 is 2.50 bits per heavy atom. The number of hydrogen-bond acceptors (Lipinski definition) is 8. The van der Waals surface area contributed by atoms with Crippen LogP contribution in [0.4, 0.5) is 13.2 Å². The van der Waals surface area contributed by atoms with Gasteiger partial charge in [0.2, 0.25) is 0 Å². The lowest BCUT2D eigenvalue weighted by atomic mass is 10.0. The molecule has 0 aliphatic rings. The first-order valence-corrected chi connectivity index (χ1v) is 13.5. The van der Waals surface area contributed by atoms with E-state index >= 15 is 0 Å².